The Morgan fingerprint density at radius 2 is 1.65 bits per heavy atom. The molecular formula is C26H30F3N3O5. The second kappa shape index (κ2) is 11.7. The second-order valence-electron chi connectivity index (χ2n) is 9.15. The zero-order valence-electron chi connectivity index (χ0n) is 20.6. The number of likely N-dealkylation sites (tertiary alicyclic amines) is 1. The van der Waals surface area contributed by atoms with Gasteiger partial charge < -0.3 is 24.5 Å². The van der Waals surface area contributed by atoms with E-state index >= 15 is 0 Å². The fourth-order valence-electron chi connectivity index (χ4n) is 4.46. The number of nitrogens with zero attached hydrogens (tertiary/aromatic N) is 3. The highest BCUT2D eigenvalue weighted by molar-refractivity contribution is 5.96. The first-order chi connectivity index (χ1) is 17.5. The molecule has 2 amide bonds. The first-order valence-electron chi connectivity index (χ1n) is 11.7. The second-order valence-corrected chi connectivity index (χ2v) is 9.15. The summed E-state index contributed by atoms with van der Waals surface area (Å²) in [5.74, 6) is -2.93. The van der Waals surface area contributed by atoms with E-state index in [4.69, 9.17) is 14.6 Å². The standard InChI is InChI=1S/C24H29N3O3.C2HF3O2/c1-25(2)13-14-26-17-21(19-9-5-3-6-10-19)24(23(26)29)18-27(15-16-30-24)22(28)20-11-7-4-8-12-20;3-2(4,5)1(6)7/h3-12,21H,13-18H2,1-2H3;(H,6,7). The van der Waals surface area contributed by atoms with Gasteiger partial charge in [-0.1, -0.05) is 48.5 Å². The van der Waals surface area contributed by atoms with E-state index in [0.717, 1.165) is 12.1 Å². The number of alkyl halides is 3. The Labute approximate surface area is 213 Å². The Kier molecular flexibility index (Phi) is 8.93. The summed E-state index contributed by atoms with van der Waals surface area (Å²) in [5.41, 5.74) is 0.684. The molecular weight excluding hydrogens is 491 g/mol. The predicted octanol–water partition coefficient (Wildman–Crippen LogP) is 2.72. The van der Waals surface area contributed by atoms with Gasteiger partial charge in [-0.05, 0) is 31.8 Å². The summed E-state index contributed by atoms with van der Waals surface area (Å²) in [6.45, 7) is 3.15. The van der Waals surface area contributed by atoms with Crippen molar-refractivity contribution < 1.29 is 37.4 Å². The molecule has 0 bridgehead atoms. The van der Waals surface area contributed by atoms with Crippen LogP contribution in [0.25, 0.3) is 0 Å². The fourth-order valence-corrected chi connectivity index (χ4v) is 4.46. The zero-order chi connectivity index (χ0) is 27.2. The molecule has 1 spiro atoms. The van der Waals surface area contributed by atoms with Crippen LogP contribution in [-0.2, 0) is 14.3 Å². The number of carbonyl (C=O) groups is 3. The number of morpholine rings is 1. The van der Waals surface area contributed by atoms with Crippen LogP contribution in [0.15, 0.2) is 60.7 Å². The van der Waals surface area contributed by atoms with E-state index < -0.39 is 17.7 Å². The van der Waals surface area contributed by atoms with E-state index in [1.165, 1.54) is 0 Å². The SMILES string of the molecule is CN(C)CCN1CC(c2ccccc2)C2(CN(C(=O)c3ccccc3)CCO2)C1=O.O=C(O)C(F)(F)F. The quantitative estimate of drug-likeness (QED) is 0.651. The van der Waals surface area contributed by atoms with Gasteiger partial charge in [0.15, 0.2) is 5.60 Å². The number of aliphatic carboxylic acids is 1. The van der Waals surface area contributed by atoms with Crippen molar-refractivity contribution in [3.8, 4) is 0 Å². The third-order valence-electron chi connectivity index (χ3n) is 6.33. The lowest BCUT2D eigenvalue weighted by atomic mass is 9.83. The van der Waals surface area contributed by atoms with E-state index in [0.29, 0.717) is 31.8 Å². The molecule has 2 aromatic carbocycles. The van der Waals surface area contributed by atoms with Gasteiger partial charge in [-0.25, -0.2) is 4.79 Å². The van der Waals surface area contributed by atoms with Crippen molar-refractivity contribution in [3.63, 3.8) is 0 Å². The summed E-state index contributed by atoms with van der Waals surface area (Å²) in [7, 11) is 4.00. The van der Waals surface area contributed by atoms with Gasteiger partial charge in [-0.2, -0.15) is 13.2 Å². The van der Waals surface area contributed by atoms with E-state index in [1.54, 1.807) is 4.90 Å². The molecule has 2 fully saturated rings. The van der Waals surface area contributed by atoms with Gasteiger partial charge in [0.05, 0.1) is 13.2 Å². The van der Waals surface area contributed by atoms with Crippen LogP contribution in [0.4, 0.5) is 13.2 Å². The number of hydrogen-bond acceptors (Lipinski definition) is 5. The minimum atomic E-state index is -5.08. The average molecular weight is 522 g/mol. The van der Waals surface area contributed by atoms with Gasteiger partial charge in [-0.15, -0.1) is 0 Å². The smallest absolute Gasteiger partial charge is 0.475 e. The molecule has 2 aliphatic rings. The lowest BCUT2D eigenvalue weighted by molar-refractivity contribution is -0.192. The number of ether oxygens (including phenoxy) is 1. The van der Waals surface area contributed by atoms with Crippen molar-refractivity contribution in [2.24, 2.45) is 0 Å². The Morgan fingerprint density at radius 3 is 2.19 bits per heavy atom. The summed E-state index contributed by atoms with van der Waals surface area (Å²) in [6, 6.07) is 19.3. The number of likely N-dealkylation sites (N-methyl/N-ethyl adjacent to an activating group) is 1. The van der Waals surface area contributed by atoms with Crippen LogP contribution in [0.5, 0.6) is 0 Å². The summed E-state index contributed by atoms with van der Waals surface area (Å²) in [5, 5.41) is 7.12. The van der Waals surface area contributed by atoms with Crippen molar-refractivity contribution in [3.05, 3.63) is 71.8 Å². The number of benzene rings is 2. The molecule has 0 radical (unpaired) electrons. The van der Waals surface area contributed by atoms with E-state index in [2.05, 4.69) is 17.0 Å². The highest BCUT2D eigenvalue weighted by atomic mass is 19.4. The lowest BCUT2D eigenvalue weighted by Gasteiger charge is -2.42. The largest absolute Gasteiger partial charge is 0.490 e. The van der Waals surface area contributed by atoms with Gasteiger partial charge in [0.25, 0.3) is 11.8 Å². The van der Waals surface area contributed by atoms with Crippen molar-refractivity contribution in [1.82, 2.24) is 14.7 Å². The zero-order valence-corrected chi connectivity index (χ0v) is 20.6. The third-order valence-corrected chi connectivity index (χ3v) is 6.33. The monoisotopic (exact) mass is 521 g/mol. The molecule has 11 heteroatoms. The molecule has 4 rings (SSSR count). The normalized spacial score (nSPS) is 21.7. The minimum absolute atomic E-state index is 0.0104. The van der Waals surface area contributed by atoms with Crippen LogP contribution < -0.4 is 0 Å². The number of carboxylic acids is 1. The highest BCUT2D eigenvalue weighted by Gasteiger charge is 2.58. The summed E-state index contributed by atoms with van der Waals surface area (Å²) in [4.78, 5) is 41.4. The van der Waals surface area contributed by atoms with Gasteiger partial charge in [-0.3, -0.25) is 9.59 Å². The van der Waals surface area contributed by atoms with Crippen LogP contribution in [0.3, 0.4) is 0 Å². The van der Waals surface area contributed by atoms with Crippen LogP contribution in [0.2, 0.25) is 0 Å². The average Bonchev–Trinajstić information content (AvgIpc) is 3.13. The van der Waals surface area contributed by atoms with Crippen molar-refractivity contribution in [2.45, 2.75) is 17.7 Å². The van der Waals surface area contributed by atoms with E-state index in [9.17, 15) is 22.8 Å². The molecule has 200 valence electrons. The first-order valence-corrected chi connectivity index (χ1v) is 11.7. The Bertz CT molecular complexity index is 1080. The lowest BCUT2D eigenvalue weighted by Crippen LogP contribution is -2.59. The number of halogens is 3. The van der Waals surface area contributed by atoms with Gasteiger partial charge >= 0.3 is 12.1 Å². The number of amides is 2. The molecule has 2 atom stereocenters. The number of carbonyl (C=O) groups excluding carboxylic acids is 2. The van der Waals surface area contributed by atoms with E-state index in [-0.39, 0.29) is 24.3 Å². The number of rotatable bonds is 5. The van der Waals surface area contributed by atoms with Gasteiger partial charge in [0.1, 0.15) is 0 Å². The molecule has 2 saturated heterocycles. The Hall–Kier alpha value is -3.44. The molecule has 2 heterocycles. The van der Waals surface area contributed by atoms with Crippen LogP contribution in [-0.4, -0.2) is 103 Å². The highest BCUT2D eigenvalue weighted by Crippen LogP contribution is 2.42. The first kappa shape index (κ1) is 28.1. The van der Waals surface area contributed by atoms with Crippen molar-refractivity contribution >= 4 is 17.8 Å². The third kappa shape index (κ3) is 6.66. The molecule has 0 aliphatic carbocycles. The molecule has 37 heavy (non-hydrogen) atoms. The minimum Gasteiger partial charge on any atom is -0.475 e. The Morgan fingerprint density at radius 1 is 1.08 bits per heavy atom. The fraction of sp³-hybridized carbons (Fsp3) is 0.423. The number of hydrogen-bond donors (Lipinski definition) is 1. The summed E-state index contributed by atoms with van der Waals surface area (Å²) >= 11 is 0. The number of carboxylic acid groups (broad SMARTS) is 1. The van der Waals surface area contributed by atoms with Crippen molar-refractivity contribution in [2.75, 3.05) is 53.4 Å². The Balaban J connectivity index is 0.000000479. The topological polar surface area (TPSA) is 90.4 Å². The molecule has 2 unspecified atom stereocenters. The van der Waals surface area contributed by atoms with E-state index in [1.807, 2.05) is 67.5 Å². The molecule has 0 saturated carbocycles. The van der Waals surface area contributed by atoms with Gasteiger partial charge in [0.2, 0.25) is 0 Å². The molecule has 2 aliphatic heterocycles. The predicted molar refractivity (Wildman–Crippen MR) is 129 cm³/mol. The maximum Gasteiger partial charge on any atom is 0.490 e. The molecule has 1 N–H and O–H groups in total. The van der Waals surface area contributed by atoms with Crippen LogP contribution >= 0.6 is 0 Å². The van der Waals surface area contributed by atoms with Crippen molar-refractivity contribution in [1.29, 1.82) is 0 Å². The summed E-state index contributed by atoms with van der Waals surface area (Å²) in [6.07, 6.45) is -5.08. The molecule has 8 nitrogen and oxygen atoms in total. The van der Waals surface area contributed by atoms with Gasteiger partial charge in [0, 0.05) is 37.7 Å². The maximum absolute atomic E-state index is 13.6. The van der Waals surface area contributed by atoms with Crippen LogP contribution in [0, 0.1) is 0 Å². The maximum atomic E-state index is 13.6. The van der Waals surface area contributed by atoms with Crippen LogP contribution in [0.1, 0.15) is 21.8 Å². The summed E-state index contributed by atoms with van der Waals surface area (Å²) < 4.78 is 38.0. The molecule has 0 aromatic heterocycles. The molecule has 2 aromatic rings.